The van der Waals surface area contributed by atoms with E-state index in [1.807, 2.05) is 19.9 Å². The molecule has 0 spiro atoms. The highest BCUT2D eigenvalue weighted by Gasteiger charge is 2.09. The van der Waals surface area contributed by atoms with Crippen LogP contribution in [0.2, 0.25) is 0 Å². The van der Waals surface area contributed by atoms with Crippen LogP contribution in [0, 0.1) is 13.8 Å². The number of benzene rings is 1. The molecule has 0 saturated heterocycles. The molecule has 2 N–H and O–H groups in total. The fourth-order valence-corrected chi connectivity index (χ4v) is 2.53. The predicted octanol–water partition coefficient (Wildman–Crippen LogP) is 2.04. The molecule has 102 valence electrons. The summed E-state index contributed by atoms with van der Waals surface area (Å²) in [7, 11) is -3.17. The third kappa shape index (κ3) is 3.14. The number of hydrogen-bond acceptors (Lipinski definition) is 4. The topological polar surface area (TPSA) is 74.8 Å². The Morgan fingerprint density at radius 3 is 2.63 bits per heavy atom. The molecular weight excluding hydrogens is 262 g/mol. The predicted molar refractivity (Wildman–Crippen MR) is 74.9 cm³/mol. The van der Waals surface area contributed by atoms with Gasteiger partial charge in [0.15, 0.2) is 9.84 Å². The number of aryl methyl sites for hydroxylation is 2. The van der Waals surface area contributed by atoms with E-state index in [2.05, 4.69) is 15.5 Å². The van der Waals surface area contributed by atoms with Crippen molar-refractivity contribution in [3.05, 3.63) is 41.2 Å². The second-order valence-electron chi connectivity index (χ2n) is 4.57. The largest absolute Gasteiger partial charge is 0.381 e. The van der Waals surface area contributed by atoms with Crippen molar-refractivity contribution in [1.82, 2.24) is 10.2 Å². The van der Waals surface area contributed by atoms with Gasteiger partial charge in [0.1, 0.15) is 0 Å². The van der Waals surface area contributed by atoms with Crippen LogP contribution in [0.1, 0.15) is 17.0 Å². The molecule has 6 heteroatoms. The maximum absolute atomic E-state index is 11.5. The minimum atomic E-state index is -3.17. The summed E-state index contributed by atoms with van der Waals surface area (Å²) in [6.45, 7) is 4.51. The van der Waals surface area contributed by atoms with Crippen molar-refractivity contribution in [2.75, 3.05) is 11.6 Å². The molecule has 0 aliphatic rings. The van der Waals surface area contributed by atoms with Crippen LogP contribution in [0.4, 0.5) is 5.69 Å². The Balaban J connectivity index is 2.17. The first kappa shape index (κ1) is 13.6. The van der Waals surface area contributed by atoms with E-state index in [0.29, 0.717) is 11.4 Å². The van der Waals surface area contributed by atoms with Gasteiger partial charge >= 0.3 is 0 Å². The number of H-pyrrole nitrogens is 1. The molecule has 0 aliphatic carbocycles. The first-order valence-electron chi connectivity index (χ1n) is 5.92. The van der Waals surface area contributed by atoms with Crippen LogP contribution in [-0.2, 0) is 16.4 Å². The van der Waals surface area contributed by atoms with Crippen molar-refractivity contribution in [3.63, 3.8) is 0 Å². The van der Waals surface area contributed by atoms with Gasteiger partial charge in [-0.05, 0) is 32.0 Å². The summed E-state index contributed by atoms with van der Waals surface area (Å²) >= 11 is 0. The number of nitrogens with one attached hydrogen (secondary N) is 2. The van der Waals surface area contributed by atoms with E-state index in [4.69, 9.17) is 0 Å². The molecule has 0 saturated carbocycles. The second-order valence-corrected chi connectivity index (χ2v) is 6.58. The van der Waals surface area contributed by atoms with Crippen molar-refractivity contribution in [2.45, 2.75) is 25.3 Å². The van der Waals surface area contributed by atoms with E-state index in [1.54, 1.807) is 18.2 Å². The molecule has 0 amide bonds. The van der Waals surface area contributed by atoms with Gasteiger partial charge in [-0.25, -0.2) is 8.42 Å². The quantitative estimate of drug-likeness (QED) is 0.898. The Bertz CT molecular complexity index is 670. The van der Waals surface area contributed by atoms with Crippen LogP contribution < -0.4 is 5.32 Å². The van der Waals surface area contributed by atoms with E-state index in [0.717, 1.165) is 22.6 Å². The molecule has 0 aliphatic heterocycles. The normalized spacial score (nSPS) is 11.5. The van der Waals surface area contributed by atoms with Gasteiger partial charge in [0.2, 0.25) is 0 Å². The summed E-state index contributed by atoms with van der Waals surface area (Å²) in [5.41, 5.74) is 3.85. The number of nitrogens with zero attached hydrogens (tertiary/aromatic N) is 1. The molecule has 1 aromatic carbocycles. The average molecular weight is 279 g/mol. The zero-order chi connectivity index (χ0) is 14.0. The van der Waals surface area contributed by atoms with Crippen LogP contribution >= 0.6 is 0 Å². The average Bonchev–Trinajstić information content (AvgIpc) is 2.66. The van der Waals surface area contributed by atoms with Crippen molar-refractivity contribution < 1.29 is 8.42 Å². The molecule has 1 aromatic heterocycles. The molecule has 0 bridgehead atoms. The Morgan fingerprint density at radius 2 is 2.05 bits per heavy atom. The highest BCUT2D eigenvalue weighted by Crippen LogP contribution is 2.17. The summed E-state index contributed by atoms with van der Waals surface area (Å²) < 4.78 is 23.0. The van der Waals surface area contributed by atoms with Crippen molar-refractivity contribution in [1.29, 1.82) is 0 Å². The van der Waals surface area contributed by atoms with E-state index in [9.17, 15) is 8.42 Å². The lowest BCUT2D eigenvalue weighted by Crippen LogP contribution is -2.03. The van der Waals surface area contributed by atoms with Gasteiger partial charge < -0.3 is 5.32 Å². The number of aromatic amines is 1. The number of aromatic nitrogens is 2. The standard InChI is InChI=1S/C13H17N3O2S/c1-9-13(10(2)16-15-9)8-14-11-5-4-6-12(7-11)19(3,17)18/h4-7,14H,8H2,1-3H3,(H,15,16). The lowest BCUT2D eigenvalue weighted by atomic mass is 10.2. The smallest absolute Gasteiger partial charge is 0.175 e. The molecule has 2 rings (SSSR count). The van der Waals surface area contributed by atoms with E-state index in [-0.39, 0.29) is 0 Å². The monoisotopic (exact) mass is 279 g/mol. The van der Waals surface area contributed by atoms with Crippen molar-refractivity contribution in [2.24, 2.45) is 0 Å². The molecule has 0 atom stereocenters. The minimum absolute atomic E-state index is 0.318. The molecular formula is C13H17N3O2S. The van der Waals surface area contributed by atoms with Gasteiger partial charge in [-0.15, -0.1) is 0 Å². The van der Waals surface area contributed by atoms with Crippen molar-refractivity contribution in [3.8, 4) is 0 Å². The fourth-order valence-electron chi connectivity index (χ4n) is 1.86. The highest BCUT2D eigenvalue weighted by molar-refractivity contribution is 7.90. The zero-order valence-corrected chi connectivity index (χ0v) is 12.0. The van der Waals surface area contributed by atoms with Gasteiger partial charge in [0.05, 0.1) is 10.6 Å². The molecule has 19 heavy (non-hydrogen) atoms. The number of hydrogen-bond donors (Lipinski definition) is 2. The molecule has 0 fully saturated rings. The van der Waals surface area contributed by atoms with Crippen LogP contribution in [0.3, 0.4) is 0 Å². The van der Waals surface area contributed by atoms with Gasteiger partial charge in [-0.3, -0.25) is 5.10 Å². The molecule has 0 radical (unpaired) electrons. The Labute approximate surface area is 113 Å². The Kier molecular flexibility index (Phi) is 3.61. The Morgan fingerprint density at radius 1 is 1.32 bits per heavy atom. The summed E-state index contributed by atoms with van der Waals surface area (Å²) in [5.74, 6) is 0. The highest BCUT2D eigenvalue weighted by atomic mass is 32.2. The summed E-state index contributed by atoms with van der Waals surface area (Å²) in [4.78, 5) is 0.318. The SMILES string of the molecule is Cc1n[nH]c(C)c1CNc1cccc(S(C)(=O)=O)c1. The fraction of sp³-hybridized carbons (Fsp3) is 0.308. The molecule has 2 aromatic rings. The minimum Gasteiger partial charge on any atom is -0.381 e. The summed E-state index contributed by atoms with van der Waals surface area (Å²) in [6, 6.07) is 6.81. The van der Waals surface area contributed by atoms with Crippen LogP contribution in [0.5, 0.6) is 0 Å². The summed E-state index contributed by atoms with van der Waals surface area (Å²) in [6.07, 6.45) is 1.20. The van der Waals surface area contributed by atoms with Gasteiger partial charge in [-0.2, -0.15) is 5.10 Å². The maximum atomic E-state index is 11.5. The number of sulfone groups is 1. The van der Waals surface area contributed by atoms with Crippen LogP contribution in [0.25, 0.3) is 0 Å². The lowest BCUT2D eigenvalue weighted by Gasteiger charge is -2.08. The number of rotatable bonds is 4. The van der Waals surface area contributed by atoms with Crippen LogP contribution in [-0.4, -0.2) is 24.9 Å². The van der Waals surface area contributed by atoms with Gasteiger partial charge in [0.25, 0.3) is 0 Å². The molecule has 0 unspecified atom stereocenters. The first-order valence-corrected chi connectivity index (χ1v) is 7.81. The first-order chi connectivity index (χ1) is 8.88. The van der Waals surface area contributed by atoms with E-state index >= 15 is 0 Å². The molecule has 1 heterocycles. The van der Waals surface area contributed by atoms with Crippen LogP contribution in [0.15, 0.2) is 29.2 Å². The number of anilines is 1. The van der Waals surface area contributed by atoms with E-state index < -0.39 is 9.84 Å². The molecule has 5 nitrogen and oxygen atoms in total. The van der Waals surface area contributed by atoms with E-state index in [1.165, 1.54) is 6.26 Å². The third-order valence-corrected chi connectivity index (χ3v) is 4.12. The summed E-state index contributed by atoms with van der Waals surface area (Å²) in [5, 5.41) is 10.3. The van der Waals surface area contributed by atoms with Gasteiger partial charge in [0, 0.05) is 29.7 Å². The lowest BCUT2D eigenvalue weighted by molar-refractivity contribution is 0.602. The maximum Gasteiger partial charge on any atom is 0.175 e. The van der Waals surface area contributed by atoms with Gasteiger partial charge in [-0.1, -0.05) is 6.07 Å². The van der Waals surface area contributed by atoms with Crippen molar-refractivity contribution >= 4 is 15.5 Å². The third-order valence-electron chi connectivity index (χ3n) is 3.01. The zero-order valence-electron chi connectivity index (χ0n) is 11.2. The second kappa shape index (κ2) is 5.05. The Hall–Kier alpha value is -1.82.